The Morgan fingerprint density at radius 2 is 2.14 bits per heavy atom. The molecule has 1 saturated heterocycles. The third-order valence-electron chi connectivity index (χ3n) is 4.47. The van der Waals surface area contributed by atoms with E-state index in [2.05, 4.69) is 43.1 Å². The fraction of sp³-hybridized carbons (Fsp3) is 0.467. The van der Waals surface area contributed by atoms with E-state index in [1.54, 1.807) is 12.5 Å². The summed E-state index contributed by atoms with van der Waals surface area (Å²) in [6, 6.07) is 4.63. The molecule has 21 heavy (non-hydrogen) atoms. The first-order valence-electron chi connectivity index (χ1n) is 7.40. The fourth-order valence-corrected chi connectivity index (χ4v) is 3.04. The maximum absolute atomic E-state index is 4.37. The van der Waals surface area contributed by atoms with Crippen molar-refractivity contribution in [1.29, 1.82) is 0 Å². The van der Waals surface area contributed by atoms with Crippen LogP contribution in [0.5, 0.6) is 0 Å². The minimum Gasteiger partial charge on any atom is -0.353 e. The molecular weight excluding hydrogens is 264 g/mol. The van der Waals surface area contributed by atoms with Crippen LogP contribution in [-0.4, -0.2) is 46.3 Å². The first-order valence-corrected chi connectivity index (χ1v) is 7.40. The van der Waals surface area contributed by atoms with Crippen molar-refractivity contribution in [3.8, 4) is 0 Å². The van der Waals surface area contributed by atoms with Gasteiger partial charge in [-0.3, -0.25) is 0 Å². The molecule has 1 aliphatic heterocycles. The van der Waals surface area contributed by atoms with Gasteiger partial charge in [0.25, 0.3) is 0 Å². The van der Waals surface area contributed by atoms with E-state index in [9.17, 15) is 0 Å². The summed E-state index contributed by atoms with van der Waals surface area (Å²) in [5, 5.41) is 8.73. The Morgan fingerprint density at radius 1 is 1.24 bits per heavy atom. The number of hydrogen-bond donors (Lipinski definition) is 0. The van der Waals surface area contributed by atoms with E-state index in [0.717, 1.165) is 37.6 Å². The number of likely N-dealkylation sites (N-methyl/N-ethyl adjacent to an activating group) is 1. The van der Waals surface area contributed by atoms with Crippen LogP contribution in [0.25, 0.3) is 0 Å². The smallest absolute Gasteiger partial charge is 0.151 e. The van der Waals surface area contributed by atoms with Gasteiger partial charge < -0.3 is 9.80 Å². The molecule has 0 unspecified atom stereocenters. The summed E-state index contributed by atoms with van der Waals surface area (Å²) in [6.07, 6.45) is 6.82. The van der Waals surface area contributed by atoms with E-state index in [-0.39, 0.29) is 0 Å². The van der Waals surface area contributed by atoms with Crippen molar-refractivity contribution in [3.63, 3.8) is 0 Å². The number of fused-ring (bicyclic) bond motifs is 1. The van der Waals surface area contributed by atoms with E-state index in [4.69, 9.17) is 0 Å². The summed E-state index contributed by atoms with van der Waals surface area (Å²) >= 11 is 0. The lowest BCUT2D eigenvalue weighted by atomic mass is 10.1. The minimum atomic E-state index is 0.468. The van der Waals surface area contributed by atoms with E-state index in [1.165, 1.54) is 17.7 Å². The van der Waals surface area contributed by atoms with Crippen LogP contribution in [-0.2, 0) is 12.8 Å². The molecule has 4 rings (SSSR count). The third-order valence-corrected chi connectivity index (χ3v) is 4.47. The van der Waals surface area contributed by atoms with Crippen LogP contribution < -0.4 is 9.80 Å². The highest BCUT2D eigenvalue weighted by molar-refractivity contribution is 5.49. The molecule has 0 atom stereocenters. The highest BCUT2D eigenvalue weighted by Gasteiger charge is 2.32. The van der Waals surface area contributed by atoms with Crippen LogP contribution >= 0.6 is 0 Å². The van der Waals surface area contributed by atoms with Gasteiger partial charge in [-0.15, -0.1) is 5.10 Å². The molecule has 0 amide bonds. The largest absolute Gasteiger partial charge is 0.353 e. The summed E-state index contributed by atoms with van der Waals surface area (Å²) in [6.45, 7) is 1.93. The average Bonchev–Trinajstić information content (AvgIpc) is 2.94. The molecule has 6 heteroatoms. The first-order chi connectivity index (χ1) is 10.3. The maximum atomic E-state index is 4.37. The highest BCUT2D eigenvalue weighted by Crippen LogP contribution is 2.27. The molecule has 0 aromatic carbocycles. The van der Waals surface area contributed by atoms with Gasteiger partial charge in [-0.1, -0.05) is 0 Å². The molecule has 2 aromatic rings. The Kier molecular flexibility index (Phi) is 2.94. The Balaban J connectivity index is 1.43. The van der Waals surface area contributed by atoms with Crippen molar-refractivity contribution < 1.29 is 0 Å². The van der Waals surface area contributed by atoms with E-state index < -0.39 is 0 Å². The lowest BCUT2D eigenvalue weighted by Gasteiger charge is -2.44. The zero-order chi connectivity index (χ0) is 14.2. The standard InChI is InChI=1S/C15H18N6/c1-20(14-5-6-16-10-17-14)12-8-21(9-12)15-7-11-3-2-4-13(11)18-19-15/h5-7,10,12H,2-4,8-9H2,1H3. The molecule has 108 valence electrons. The summed E-state index contributed by atoms with van der Waals surface area (Å²) in [5.41, 5.74) is 2.57. The zero-order valence-electron chi connectivity index (χ0n) is 12.1. The molecular formula is C15H18N6. The van der Waals surface area contributed by atoms with Gasteiger partial charge in [-0.05, 0) is 37.0 Å². The van der Waals surface area contributed by atoms with Gasteiger partial charge in [-0.2, -0.15) is 5.10 Å². The predicted octanol–water partition coefficient (Wildman–Crippen LogP) is 1.08. The second-order valence-corrected chi connectivity index (χ2v) is 5.77. The van der Waals surface area contributed by atoms with Crippen LogP contribution in [0, 0.1) is 0 Å². The van der Waals surface area contributed by atoms with Crippen molar-refractivity contribution in [3.05, 3.63) is 35.9 Å². The van der Waals surface area contributed by atoms with Crippen LogP contribution in [0.1, 0.15) is 17.7 Å². The number of aromatic nitrogens is 4. The zero-order valence-corrected chi connectivity index (χ0v) is 12.1. The number of hydrogen-bond acceptors (Lipinski definition) is 6. The SMILES string of the molecule is CN(c1ccncn1)C1CN(c2cc3c(nn2)CCC3)C1. The van der Waals surface area contributed by atoms with Crippen molar-refractivity contribution >= 4 is 11.6 Å². The van der Waals surface area contributed by atoms with Crippen LogP contribution in [0.2, 0.25) is 0 Å². The molecule has 0 N–H and O–H groups in total. The topological polar surface area (TPSA) is 58.0 Å². The molecule has 1 fully saturated rings. The van der Waals surface area contributed by atoms with Gasteiger partial charge in [0.2, 0.25) is 0 Å². The second-order valence-electron chi connectivity index (χ2n) is 5.77. The van der Waals surface area contributed by atoms with E-state index in [1.807, 2.05) is 6.07 Å². The summed E-state index contributed by atoms with van der Waals surface area (Å²) < 4.78 is 0. The third kappa shape index (κ3) is 2.20. The van der Waals surface area contributed by atoms with Gasteiger partial charge in [0.15, 0.2) is 5.82 Å². The lowest BCUT2D eigenvalue weighted by Crippen LogP contribution is -2.59. The fourth-order valence-electron chi connectivity index (χ4n) is 3.04. The number of nitrogens with zero attached hydrogens (tertiary/aromatic N) is 6. The van der Waals surface area contributed by atoms with Gasteiger partial charge in [0, 0.05) is 26.3 Å². The lowest BCUT2D eigenvalue weighted by molar-refractivity contribution is 0.487. The first kappa shape index (κ1) is 12.5. The average molecular weight is 282 g/mol. The van der Waals surface area contributed by atoms with Crippen LogP contribution in [0.3, 0.4) is 0 Å². The van der Waals surface area contributed by atoms with Crippen LogP contribution in [0.4, 0.5) is 11.6 Å². The number of aryl methyl sites for hydroxylation is 2. The summed E-state index contributed by atoms with van der Waals surface area (Å²) in [7, 11) is 2.08. The molecule has 0 bridgehead atoms. The predicted molar refractivity (Wildman–Crippen MR) is 80.5 cm³/mol. The normalized spacial score (nSPS) is 17.5. The van der Waals surface area contributed by atoms with Gasteiger partial charge in [-0.25, -0.2) is 9.97 Å². The van der Waals surface area contributed by atoms with Crippen LogP contribution in [0.15, 0.2) is 24.7 Å². The molecule has 2 aromatic heterocycles. The Hall–Kier alpha value is -2.24. The monoisotopic (exact) mass is 282 g/mol. The van der Waals surface area contributed by atoms with Gasteiger partial charge in [0.1, 0.15) is 12.1 Å². The van der Waals surface area contributed by atoms with Gasteiger partial charge in [0.05, 0.1) is 11.7 Å². The second kappa shape index (κ2) is 4.95. The molecule has 3 heterocycles. The molecule has 6 nitrogen and oxygen atoms in total. The van der Waals surface area contributed by atoms with E-state index >= 15 is 0 Å². The minimum absolute atomic E-state index is 0.468. The number of rotatable bonds is 3. The van der Waals surface area contributed by atoms with Crippen molar-refractivity contribution in [2.75, 3.05) is 29.9 Å². The molecule has 0 spiro atoms. The summed E-state index contributed by atoms with van der Waals surface area (Å²) in [4.78, 5) is 12.7. The molecule has 1 aliphatic carbocycles. The maximum Gasteiger partial charge on any atom is 0.151 e. The highest BCUT2D eigenvalue weighted by atomic mass is 15.4. The number of anilines is 2. The quantitative estimate of drug-likeness (QED) is 0.839. The van der Waals surface area contributed by atoms with Crippen molar-refractivity contribution in [2.45, 2.75) is 25.3 Å². The summed E-state index contributed by atoms with van der Waals surface area (Å²) in [5.74, 6) is 1.98. The molecule has 0 radical (unpaired) electrons. The van der Waals surface area contributed by atoms with Crippen molar-refractivity contribution in [2.24, 2.45) is 0 Å². The van der Waals surface area contributed by atoms with Crippen molar-refractivity contribution in [1.82, 2.24) is 20.2 Å². The Morgan fingerprint density at radius 3 is 2.95 bits per heavy atom. The molecule has 0 saturated carbocycles. The Bertz CT molecular complexity index is 638. The van der Waals surface area contributed by atoms with Gasteiger partial charge >= 0.3 is 0 Å². The Labute approximate surface area is 123 Å². The van der Waals surface area contributed by atoms with E-state index in [0.29, 0.717) is 6.04 Å². The molecule has 2 aliphatic rings.